The Morgan fingerprint density at radius 2 is 2.08 bits per heavy atom. The van der Waals surface area contributed by atoms with Crippen LogP contribution in [0.1, 0.15) is 23.7 Å². The first-order valence-electron chi connectivity index (χ1n) is 4.06. The summed E-state index contributed by atoms with van der Waals surface area (Å²) in [7, 11) is 0. The molecule has 0 saturated heterocycles. The number of carbonyl (C=O) groups is 1. The molecule has 0 aromatic heterocycles. The van der Waals surface area contributed by atoms with E-state index in [0.717, 1.165) is 5.56 Å². The number of aliphatic hydroxyl groups excluding tert-OH is 1. The summed E-state index contributed by atoms with van der Waals surface area (Å²) >= 11 is 0. The molecule has 13 heavy (non-hydrogen) atoms. The molecule has 1 aromatic carbocycles. The summed E-state index contributed by atoms with van der Waals surface area (Å²) in [6.45, 7) is 1.85. The van der Waals surface area contributed by atoms with Gasteiger partial charge in [0.15, 0.2) is 0 Å². The van der Waals surface area contributed by atoms with Gasteiger partial charge in [-0.1, -0.05) is 24.3 Å². The second-order valence-corrected chi connectivity index (χ2v) is 2.97. The zero-order chi connectivity index (χ0) is 9.84. The van der Waals surface area contributed by atoms with Gasteiger partial charge in [0, 0.05) is 0 Å². The average molecular weight is 180 g/mol. The van der Waals surface area contributed by atoms with Gasteiger partial charge in [0.1, 0.15) is 0 Å². The van der Waals surface area contributed by atoms with Crippen LogP contribution in [0.2, 0.25) is 0 Å². The molecule has 3 heteroatoms. The lowest BCUT2D eigenvalue weighted by Crippen LogP contribution is -2.06. The molecule has 0 unspecified atom stereocenters. The Balaban J connectivity index is 2.82. The molecule has 0 radical (unpaired) electrons. The van der Waals surface area contributed by atoms with Gasteiger partial charge in [-0.15, -0.1) is 0 Å². The molecule has 0 spiro atoms. The minimum absolute atomic E-state index is 0.245. The minimum Gasteiger partial charge on any atom is -0.481 e. The van der Waals surface area contributed by atoms with Crippen LogP contribution in [0.25, 0.3) is 0 Å². The van der Waals surface area contributed by atoms with Gasteiger partial charge in [-0.25, -0.2) is 0 Å². The van der Waals surface area contributed by atoms with Crippen LogP contribution >= 0.6 is 0 Å². The molecule has 1 atom stereocenters. The molecule has 70 valence electrons. The van der Waals surface area contributed by atoms with E-state index in [0.29, 0.717) is 5.56 Å². The molecule has 0 aliphatic heterocycles. The second kappa shape index (κ2) is 4.05. The quantitative estimate of drug-likeness (QED) is 0.741. The highest BCUT2D eigenvalue weighted by molar-refractivity contribution is 5.67. The van der Waals surface area contributed by atoms with Crippen molar-refractivity contribution >= 4 is 5.97 Å². The van der Waals surface area contributed by atoms with Crippen LogP contribution in [-0.4, -0.2) is 16.2 Å². The van der Waals surface area contributed by atoms with Crippen molar-refractivity contribution in [3.63, 3.8) is 0 Å². The van der Waals surface area contributed by atoms with Crippen LogP contribution in [0, 0.1) is 6.92 Å². The van der Waals surface area contributed by atoms with Gasteiger partial charge in [-0.3, -0.25) is 4.79 Å². The SMILES string of the molecule is Cc1ccccc1[C@H](O)CC(=O)O. The van der Waals surface area contributed by atoms with E-state index in [2.05, 4.69) is 0 Å². The third kappa shape index (κ3) is 2.56. The molecule has 1 aromatic rings. The fourth-order valence-electron chi connectivity index (χ4n) is 1.24. The minimum atomic E-state index is -0.990. The summed E-state index contributed by atoms with van der Waals surface area (Å²) in [5.74, 6) is -0.990. The number of hydrogen-bond donors (Lipinski definition) is 2. The highest BCUT2D eigenvalue weighted by atomic mass is 16.4. The normalized spacial score (nSPS) is 12.5. The first-order valence-corrected chi connectivity index (χ1v) is 4.06. The number of carboxylic acid groups (broad SMARTS) is 1. The Labute approximate surface area is 76.6 Å². The summed E-state index contributed by atoms with van der Waals surface area (Å²) in [6, 6.07) is 7.23. The summed E-state index contributed by atoms with van der Waals surface area (Å²) in [5.41, 5.74) is 1.60. The van der Waals surface area contributed by atoms with Crippen molar-refractivity contribution < 1.29 is 15.0 Å². The van der Waals surface area contributed by atoms with Gasteiger partial charge in [-0.05, 0) is 18.1 Å². The number of carboxylic acids is 1. The zero-order valence-electron chi connectivity index (χ0n) is 7.40. The molecule has 0 aliphatic carbocycles. The Kier molecular flexibility index (Phi) is 3.03. The van der Waals surface area contributed by atoms with Crippen molar-refractivity contribution in [3.8, 4) is 0 Å². The number of benzene rings is 1. The second-order valence-electron chi connectivity index (χ2n) is 2.97. The summed E-state index contributed by atoms with van der Waals surface area (Å²) < 4.78 is 0. The largest absolute Gasteiger partial charge is 0.481 e. The van der Waals surface area contributed by atoms with Crippen molar-refractivity contribution in [1.29, 1.82) is 0 Å². The van der Waals surface area contributed by atoms with E-state index in [4.69, 9.17) is 5.11 Å². The van der Waals surface area contributed by atoms with E-state index in [1.807, 2.05) is 19.1 Å². The number of aryl methyl sites for hydroxylation is 1. The lowest BCUT2D eigenvalue weighted by Gasteiger charge is -2.10. The maximum absolute atomic E-state index is 10.3. The van der Waals surface area contributed by atoms with Crippen LogP contribution in [0.5, 0.6) is 0 Å². The molecular weight excluding hydrogens is 168 g/mol. The monoisotopic (exact) mass is 180 g/mol. The lowest BCUT2D eigenvalue weighted by molar-refractivity contribution is -0.139. The van der Waals surface area contributed by atoms with Gasteiger partial charge in [0.05, 0.1) is 12.5 Å². The van der Waals surface area contributed by atoms with Crippen LogP contribution in [0.15, 0.2) is 24.3 Å². The average Bonchev–Trinajstić information content (AvgIpc) is 2.03. The third-order valence-corrected chi connectivity index (χ3v) is 1.92. The van der Waals surface area contributed by atoms with Crippen molar-refractivity contribution in [2.24, 2.45) is 0 Å². The van der Waals surface area contributed by atoms with E-state index in [9.17, 15) is 9.90 Å². The maximum Gasteiger partial charge on any atom is 0.306 e. The Bertz CT molecular complexity index is 307. The Morgan fingerprint density at radius 1 is 1.46 bits per heavy atom. The van der Waals surface area contributed by atoms with E-state index < -0.39 is 12.1 Å². The highest BCUT2D eigenvalue weighted by Crippen LogP contribution is 2.19. The van der Waals surface area contributed by atoms with Crippen molar-refractivity contribution in [3.05, 3.63) is 35.4 Å². The van der Waals surface area contributed by atoms with E-state index in [-0.39, 0.29) is 6.42 Å². The predicted molar refractivity (Wildman–Crippen MR) is 48.4 cm³/mol. The molecule has 0 saturated carbocycles. The molecule has 0 fully saturated rings. The first kappa shape index (κ1) is 9.74. The van der Waals surface area contributed by atoms with E-state index in [1.165, 1.54) is 0 Å². The molecule has 2 N–H and O–H groups in total. The highest BCUT2D eigenvalue weighted by Gasteiger charge is 2.13. The standard InChI is InChI=1S/C10H12O3/c1-7-4-2-3-5-8(7)9(11)6-10(12)13/h2-5,9,11H,6H2,1H3,(H,12,13)/t9-/m1/s1. The van der Waals surface area contributed by atoms with Crippen LogP contribution < -0.4 is 0 Å². The number of aliphatic carboxylic acids is 1. The molecule has 0 heterocycles. The molecule has 0 aliphatic rings. The fourth-order valence-corrected chi connectivity index (χ4v) is 1.24. The number of hydrogen-bond acceptors (Lipinski definition) is 2. The number of aliphatic hydroxyl groups is 1. The third-order valence-electron chi connectivity index (χ3n) is 1.92. The van der Waals surface area contributed by atoms with Crippen molar-refractivity contribution in [2.75, 3.05) is 0 Å². The maximum atomic E-state index is 10.3. The predicted octanol–water partition coefficient (Wildman–Crippen LogP) is 1.50. The summed E-state index contributed by atoms with van der Waals surface area (Å²) in [6.07, 6.45) is -1.15. The Morgan fingerprint density at radius 3 is 2.62 bits per heavy atom. The molecule has 0 amide bonds. The molecule has 0 bridgehead atoms. The molecule has 1 rings (SSSR count). The summed E-state index contributed by atoms with van der Waals surface area (Å²) in [5, 5.41) is 18.0. The first-order chi connectivity index (χ1) is 6.11. The van der Waals surface area contributed by atoms with Gasteiger partial charge in [-0.2, -0.15) is 0 Å². The fraction of sp³-hybridized carbons (Fsp3) is 0.300. The van der Waals surface area contributed by atoms with Crippen molar-refractivity contribution in [1.82, 2.24) is 0 Å². The lowest BCUT2D eigenvalue weighted by atomic mass is 10.0. The molecule has 3 nitrogen and oxygen atoms in total. The van der Waals surface area contributed by atoms with Gasteiger partial charge < -0.3 is 10.2 Å². The topological polar surface area (TPSA) is 57.5 Å². The van der Waals surface area contributed by atoms with Gasteiger partial charge in [0.2, 0.25) is 0 Å². The summed E-state index contributed by atoms with van der Waals surface area (Å²) in [4.78, 5) is 10.3. The van der Waals surface area contributed by atoms with E-state index >= 15 is 0 Å². The molecular formula is C10H12O3. The van der Waals surface area contributed by atoms with Crippen LogP contribution in [0.3, 0.4) is 0 Å². The zero-order valence-corrected chi connectivity index (χ0v) is 7.40. The van der Waals surface area contributed by atoms with Gasteiger partial charge in [0.25, 0.3) is 0 Å². The van der Waals surface area contributed by atoms with Crippen LogP contribution in [0.4, 0.5) is 0 Å². The van der Waals surface area contributed by atoms with Gasteiger partial charge >= 0.3 is 5.97 Å². The number of rotatable bonds is 3. The van der Waals surface area contributed by atoms with Crippen LogP contribution in [-0.2, 0) is 4.79 Å². The Hall–Kier alpha value is -1.35. The van der Waals surface area contributed by atoms with E-state index in [1.54, 1.807) is 12.1 Å². The van der Waals surface area contributed by atoms with Crippen molar-refractivity contribution in [2.45, 2.75) is 19.4 Å². The smallest absolute Gasteiger partial charge is 0.306 e.